The first kappa shape index (κ1) is 9.54. The molecule has 0 atom stereocenters. The molecule has 1 rings (SSSR count). The molecule has 0 aliphatic heterocycles. The first-order valence-corrected chi connectivity index (χ1v) is 4.33. The summed E-state index contributed by atoms with van der Waals surface area (Å²) in [6.45, 7) is 1.87. The summed E-state index contributed by atoms with van der Waals surface area (Å²) in [5.41, 5.74) is 1.89. The summed E-state index contributed by atoms with van der Waals surface area (Å²) in [5.74, 6) is 2.79. The summed E-state index contributed by atoms with van der Waals surface area (Å²) >= 11 is 0. The molecule has 66 valence electrons. The minimum absolute atomic E-state index is 0.258. The summed E-state index contributed by atoms with van der Waals surface area (Å²) in [7, 11) is 0. The molecule has 0 heterocycles. The maximum Gasteiger partial charge on any atom is 0.136 e. The van der Waals surface area contributed by atoms with Crippen LogP contribution in [0.1, 0.15) is 24.5 Å². The number of ketones is 1. The van der Waals surface area contributed by atoms with Gasteiger partial charge in [-0.3, -0.25) is 4.79 Å². The molecule has 0 saturated carbocycles. The summed E-state index contributed by atoms with van der Waals surface area (Å²) in [5, 5.41) is 0. The highest BCUT2D eigenvalue weighted by molar-refractivity contribution is 5.80. The van der Waals surface area contributed by atoms with E-state index in [9.17, 15) is 4.79 Å². The lowest BCUT2D eigenvalue weighted by Gasteiger charge is -1.98. The van der Waals surface area contributed by atoms with Crippen LogP contribution in [0.5, 0.6) is 0 Å². The fraction of sp³-hybridized carbons (Fsp3) is 0.250. The lowest BCUT2D eigenvalue weighted by atomic mass is 10.1. The summed E-state index contributed by atoms with van der Waals surface area (Å²) in [6, 6.07) is 7.53. The maximum absolute atomic E-state index is 11.1. The number of hydrogen-bond acceptors (Lipinski definition) is 1. The molecule has 0 bridgehead atoms. The molecule has 0 radical (unpaired) electrons. The molecule has 0 aliphatic rings. The molecule has 1 aromatic rings. The van der Waals surface area contributed by atoms with Crippen molar-refractivity contribution < 1.29 is 4.79 Å². The van der Waals surface area contributed by atoms with Gasteiger partial charge in [0.15, 0.2) is 0 Å². The van der Waals surface area contributed by atoms with Crippen molar-refractivity contribution in [2.45, 2.75) is 19.8 Å². The van der Waals surface area contributed by atoms with Crippen molar-refractivity contribution in [2.24, 2.45) is 0 Å². The molecular formula is C12H12O. The summed E-state index contributed by atoms with van der Waals surface area (Å²) in [4.78, 5) is 11.1. The average Bonchev–Trinajstić information content (AvgIpc) is 2.19. The Hall–Kier alpha value is -1.55. The molecule has 0 saturated heterocycles. The number of benzene rings is 1. The van der Waals surface area contributed by atoms with Crippen molar-refractivity contribution in [3.05, 3.63) is 35.4 Å². The lowest BCUT2D eigenvalue weighted by Crippen LogP contribution is -1.99. The van der Waals surface area contributed by atoms with Gasteiger partial charge in [-0.15, -0.1) is 6.42 Å². The molecule has 0 aliphatic carbocycles. The van der Waals surface area contributed by atoms with Gasteiger partial charge in [-0.2, -0.15) is 0 Å². The van der Waals surface area contributed by atoms with Gasteiger partial charge in [0, 0.05) is 18.4 Å². The number of carbonyl (C=O) groups excluding carboxylic acids is 1. The highest BCUT2D eigenvalue weighted by atomic mass is 16.1. The Labute approximate surface area is 78.8 Å². The third kappa shape index (κ3) is 2.76. The van der Waals surface area contributed by atoms with E-state index in [1.54, 1.807) is 0 Å². The van der Waals surface area contributed by atoms with E-state index < -0.39 is 0 Å². The van der Waals surface area contributed by atoms with E-state index in [2.05, 4.69) is 5.92 Å². The van der Waals surface area contributed by atoms with Crippen molar-refractivity contribution >= 4 is 5.78 Å². The zero-order valence-corrected chi connectivity index (χ0v) is 7.71. The van der Waals surface area contributed by atoms with Crippen LogP contribution in [0.4, 0.5) is 0 Å². The lowest BCUT2D eigenvalue weighted by molar-refractivity contribution is -0.118. The molecule has 0 amide bonds. The van der Waals surface area contributed by atoms with Crippen molar-refractivity contribution in [1.29, 1.82) is 0 Å². The minimum atomic E-state index is 0.258. The van der Waals surface area contributed by atoms with E-state index in [-0.39, 0.29) is 5.78 Å². The van der Waals surface area contributed by atoms with Crippen LogP contribution in [-0.2, 0) is 11.2 Å². The molecule has 13 heavy (non-hydrogen) atoms. The molecule has 1 nitrogen and oxygen atoms in total. The Balaban J connectivity index is 2.71. The molecule has 0 aromatic heterocycles. The summed E-state index contributed by atoms with van der Waals surface area (Å²) < 4.78 is 0. The molecule has 0 N–H and O–H groups in total. The highest BCUT2D eigenvalue weighted by Gasteiger charge is 1.99. The second-order valence-corrected chi connectivity index (χ2v) is 2.91. The SMILES string of the molecule is C#Cc1ccc(CC(=O)CC)cc1. The number of carbonyl (C=O) groups is 1. The third-order valence-electron chi connectivity index (χ3n) is 1.92. The van der Waals surface area contributed by atoms with E-state index >= 15 is 0 Å². The van der Waals surface area contributed by atoms with Gasteiger partial charge in [-0.05, 0) is 17.7 Å². The van der Waals surface area contributed by atoms with Crippen LogP contribution in [0.25, 0.3) is 0 Å². The highest BCUT2D eigenvalue weighted by Crippen LogP contribution is 2.05. The fourth-order valence-electron chi connectivity index (χ4n) is 1.07. The van der Waals surface area contributed by atoms with Gasteiger partial charge in [-0.1, -0.05) is 25.0 Å². The van der Waals surface area contributed by atoms with Gasteiger partial charge in [0.05, 0.1) is 0 Å². The van der Waals surface area contributed by atoms with Crippen molar-refractivity contribution in [3.63, 3.8) is 0 Å². The van der Waals surface area contributed by atoms with Gasteiger partial charge in [0.25, 0.3) is 0 Å². The topological polar surface area (TPSA) is 17.1 Å². The van der Waals surface area contributed by atoms with Gasteiger partial charge in [-0.25, -0.2) is 0 Å². The molecule has 1 heteroatoms. The zero-order valence-electron chi connectivity index (χ0n) is 7.71. The van der Waals surface area contributed by atoms with E-state index in [1.165, 1.54) is 0 Å². The second kappa shape index (κ2) is 4.47. The predicted molar refractivity (Wildman–Crippen MR) is 53.4 cm³/mol. The van der Waals surface area contributed by atoms with Crippen LogP contribution in [0, 0.1) is 12.3 Å². The quantitative estimate of drug-likeness (QED) is 0.639. The smallest absolute Gasteiger partial charge is 0.136 e. The molecule has 0 unspecified atom stereocenters. The Kier molecular flexibility index (Phi) is 3.28. The standard InChI is InChI=1S/C12H12O/c1-3-10-5-7-11(8-6-10)9-12(13)4-2/h1,5-8H,4,9H2,2H3. The first-order valence-electron chi connectivity index (χ1n) is 4.33. The number of Topliss-reactive ketones (excluding diaryl/α,β-unsaturated/α-hetero) is 1. The number of hydrogen-bond donors (Lipinski definition) is 0. The summed E-state index contributed by atoms with van der Waals surface area (Å²) in [6.07, 6.45) is 6.32. The van der Waals surface area contributed by atoms with Crippen LogP contribution >= 0.6 is 0 Å². The Morgan fingerprint density at radius 1 is 1.38 bits per heavy atom. The first-order chi connectivity index (χ1) is 6.26. The van der Waals surface area contributed by atoms with Crippen molar-refractivity contribution in [3.8, 4) is 12.3 Å². The van der Waals surface area contributed by atoms with Crippen molar-refractivity contribution in [2.75, 3.05) is 0 Å². The van der Waals surface area contributed by atoms with Crippen LogP contribution in [-0.4, -0.2) is 5.78 Å². The number of rotatable bonds is 3. The molecule has 0 spiro atoms. The van der Waals surface area contributed by atoms with Crippen molar-refractivity contribution in [1.82, 2.24) is 0 Å². The average molecular weight is 172 g/mol. The predicted octanol–water partition coefficient (Wildman–Crippen LogP) is 2.19. The van der Waals surface area contributed by atoms with Gasteiger partial charge >= 0.3 is 0 Å². The molecule has 1 aromatic carbocycles. The van der Waals surface area contributed by atoms with Gasteiger partial charge in [0.2, 0.25) is 0 Å². The van der Waals surface area contributed by atoms with E-state index in [0.29, 0.717) is 12.8 Å². The van der Waals surface area contributed by atoms with Gasteiger partial charge in [0.1, 0.15) is 5.78 Å². The van der Waals surface area contributed by atoms with Crippen LogP contribution < -0.4 is 0 Å². The van der Waals surface area contributed by atoms with Crippen LogP contribution in [0.15, 0.2) is 24.3 Å². The molecular weight excluding hydrogens is 160 g/mol. The minimum Gasteiger partial charge on any atom is -0.299 e. The Morgan fingerprint density at radius 3 is 2.46 bits per heavy atom. The molecule has 0 fully saturated rings. The third-order valence-corrected chi connectivity index (χ3v) is 1.92. The zero-order chi connectivity index (χ0) is 9.68. The maximum atomic E-state index is 11.1. The fourth-order valence-corrected chi connectivity index (χ4v) is 1.07. The number of terminal acetylenes is 1. The Bertz CT molecular complexity index is 327. The largest absolute Gasteiger partial charge is 0.299 e. The van der Waals surface area contributed by atoms with Crippen LogP contribution in [0.3, 0.4) is 0 Å². The van der Waals surface area contributed by atoms with Gasteiger partial charge < -0.3 is 0 Å². The Morgan fingerprint density at radius 2 is 2.00 bits per heavy atom. The van der Waals surface area contributed by atoms with E-state index in [4.69, 9.17) is 6.42 Å². The monoisotopic (exact) mass is 172 g/mol. The van der Waals surface area contributed by atoms with Crippen LogP contribution in [0.2, 0.25) is 0 Å². The normalized spacial score (nSPS) is 9.23. The van der Waals surface area contributed by atoms with E-state index in [0.717, 1.165) is 11.1 Å². The van der Waals surface area contributed by atoms with E-state index in [1.807, 2.05) is 31.2 Å². The second-order valence-electron chi connectivity index (χ2n) is 2.91.